The monoisotopic (exact) mass is 273 g/mol. The number of nitrogens with zero attached hydrogens (tertiary/aromatic N) is 1. The van der Waals surface area contributed by atoms with Gasteiger partial charge in [-0.2, -0.15) is 0 Å². The third kappa shape index (κ3) is 3.27. The number of hydrogen-bond acceptors (Lipinski definition) is 6. The molecule has 7 nitrogen and oxygen atoms in total. The van der Waals surface area contributed by atoms with Crippen molar-refractivity contribution in [1.29, 1.82) is 0 Å². The first-order valence-corrected chi connectivity index (χ1v) is 6.81. The van der Waals surface area contributed by atoms with E-state index in [1.807, 2.05) is 0 Å². The van der Waals surface area contributed by atoms with Crippen LogP contribution in [0.4, 0.5) is 5.69 Å². The Morgan fingerprint density at radius 3 is 2.44 bits per heavy atom. The van der Waals surface area contributed by atoms with E-state index in [9.17, 15) is 23.3 Å². The number of esters is 1. The fourth-order valence-corrected chi connectivity index (χ4v) is 1.91. The summed E-state index contributed by atoms with van der Waals surface area (Å²) in [6.07, 6.45) is 0.904. The first-order valence-electron chi connectivity index (χ1n) is 4.92. The van der Waals surface area contributed by atoms with E-state index in [0.717, 1.165) is 24.5 Å². The lowest BCUT2D eigenvalue weighted by Gasteiger charge is -2.04. The van der Waals surface area contributed by atoms with Crippen LogP contribution in [0.2, 0.25) is 0 Å². The molecule has 0 atom stereocenters. The number of non-ortho nitro benzene ring substituents is 1. The zero-order valence-corrected chi connectivity index (χ0v) is 10.6. The molecule has 0 spiro atoms. The van der Waals surface area contributed by atoms with Gasteiger partial charge in [0.25, 0.3) is 5.69 Å². The summed E-state index contributed by atoms with van der Waals surface area (Å²) in [6.45, 7) is 1.67. The largest absolute Gasteiger partial charge is 0.462 e. The van der Waals surface area contributed by atoms with Gasteiger partial charge in [-0.15, -0.1) is 0 Å². The molecule has 0 radical (unpaired) electrons. The third-order valence-electron chi connectivity index (χ3n) is 2.04. The Balaban J connectivity index is 3.41. The van der Waals surface area contributed by atoms with E-state index in [1.165, 1.54) is 0 Å². The summed E-state index contributed by atoms with van der Waals surface area (Å²) in [5.74, 6) is -0.800. The Bertz CT molecular complexity index is 592. The standard InChI is InChI=1S/C10H11NO6S/c1-3-17-10(12)7-4-8(11(13)14)6-9(5-7)18(2,15)16/h4-6H,3H2,1-2H3. The van der Waals surface area contributed by atoms with E-state index >= 15 is 0 Å². The minimum atomic E-state index is -3.64. The fraction of sp³-hybridized carbons (Fsp3) is 0.300. The van der Waals surface area contributed by atoms with Gasteiger partial charge in [0.05, 0.1) is 22.0 Å². The van der Waals surface area contributed by atoms with Crippen LogP contribution in [0.1, 0.15) is 17.3 Å². The van der Waals surface area contributed by atoms with Crippen molar-refractivity contribution in [2.24, 2.45) is 0 Å². The molecule has 0 aliphatic carbocycles. The quantitative estimate of drug-likeness (QED) is 0.463. The zero-order valence-electron chi connectivity index (χ0n) is 9.74. The average molecular weight is 273 g/mol. The number of hydrogen-bond donors (Lipinski definition) is 0. The first-order chi connectivity index (χ1) is 8.25. The second-order valence-corrected chi connectivity index (χ2v) is 5.48. The van der Waals surface area contributed by atoms with Crippen molar-refractivity contribution in [3.63, 3.8) is 0 Å². The maximum absolute atomic E-state index is 11.5. The Morgan fingerprint density at radius 2 is 2.00 bits per heavy atom. The number of rotatable bonds is 4. The predicted molar refractivity (Wildman–Crippen MR) is 62.2 cm³/mol. The van der Waals surface area contributed by atoms with Gasteiger partial charge in [0, 0.05) is 18.4 Å². The molecule has 0 amide bonds. The molecule has 1 aromatic rings. The normalized spacial score (nSPS) is 11.0. The van der Waals surface area contributed by atoms with Crippen molar-refractivity contribution in [2.75, 3.05) is 12.9 Å². The van der Waals surface area contributed by atoms with Gasteiger partial charge in [-0.25, -0.2) is 13.2 Å². The fourth-order valence-electron chi connectivity index (χ4n) is 1.24. The first kappa shape index (κ1) is 14.1. The van der Waals surface area contributed by atoms with Gasteiger partial charge in [0.2, 0.25) is 0 Å². The predicted octanol–water partition coefficient (Wildman–Crippen LogP) is 1.18. The van der Waals surface area contributed by atoms with Crippen LogP contribution >= 0.6 is 0 Å². The summed E-state index contributed by atoms with van der Waals surface area (Å²) >= 11 is 0. The highest BCUT2D eigenvalue weighted by Crippen LogP contribution is 2.21. The van der Waals surface area contributed by atoms with Gasteiger partial charge in [-0.3, -0.25) is 10.1 Å². The van der Waals surface area contributed by atoms with E-state index in [4.69, 9.17) is 0 Å². The molecule has 0 fully saturated rings. The van der Waals surface area contributed by atoms with Crippen LogP contribution in [0.3, 0.4) is 0 Å². The molecule has 0 aliphatic rings. The summed E-state index contributed by atoms with van der Waals surface area (Å²) in [7, 11) is -3.64. The number of nitro groups is 1. The maximum Gasteiger partial charge on any atom is 0.338 e. The van der Waals surface area contributed by atoms with Gasteiger partial charge in [0.1, 0.15) is 0 Å². The van der Waals surface area contributed by atoms with Crippen LogP contribution < -0.4 is 0 Å². The van der Waals surface area contributed by atoms with Gasteiger partial charge in [-0.05, 0) is 13.0 Å². The van der Waals surface area contributed by atoms with Gasteiger partial charge < -0.3 is 4.74 Å². The smallest absolute Gasteiger partial charge is 0.338 e. The van der Waals surface area contributed by atoms with E-state index < -0.39 is 26.4 Å². The molecule has 98 valence electrons. The molecule has 0 heterocycles. The van der Waals surface area contributed by atoms with Crippen molar-refractivity contribution < 1.29 is 22.9 Å². The second kappa shape index (κ2) is 5.13. The van der Waals surface area contributed by atoms with Crippen molar-refractivity contribution in [3.05, 3.63) is 33.9 Å². The molecule has 1 aromatic carbocycles. The third-order valence-corrected chi connectivity index (χ3v) is 3.13. The molecule has 0 aromatic heterocycles. The highest BCUT2D eigenvalue weighted by atomic mass is 32.2. The van der Waals surface area contributed by atoms with Crippen LogP contribution in [-0.2, 0) is 14.6 Å². The number of nitro benzene ring substituents is 1. The lowest BCUT2D eigenvalue weighted by molar-refractivity contribution is -0.385. The van der Waals surface area contributed by atoms with Crippen molar-refractivity contribution in [1.82, 2.24) is 0 Å². The molecule has 8 heteroatoms. The summed E-state index contributed by atoms with van der Waals surface area (Å²) < 4.78 is 27.4. The highest BCUT2D eigenvalue weighted by Gasteiger charge is 2.19. The van der Waals surface area contributed by atoms with Crippen LogP contribution in [0.5, 0.6) is 0 Å². The molecule has 0 bridgehead atoms. The van der Waals surface area contributed by atoms with E-state index in [1.54, 1.807) is 6.92 Å². The molecular weight excluding hydrogens is 262 g/mol. The lowest BCUT2D eigenvalue weighted by atomic mass is 10.2. The number of carbonyl (C=O) groups excluding carboxylic acids is 1. The van der Waals surface area contributed by atoms with Crippen LogP contribution in [0.25, 0.3) is 0 Å². The molecule has 0 saturated heterocycles. The number of sulfone groups is 1. The van der Waals surface area contributed by atoms with Gasteiger partial charge in [0.15, 0.2) is 9.84 Å². The average Bonchev–Trinajstić information content (AvgIpc) is 2.27. The van der Waals surface area contributed by atoms with Crippen molar-refractivity contribution >= 4 is 21.5 Å². The molecule has 0 N–H and O–H groups in total. The van der Waals surface area contributed by atoms with Crippen molar-refractivity contribution in [2.45, 2.75) is 11.8 Å². The van der Waals surface area contributed by atoms with Crippen LogP contribution in [0.15, 0.2) is 23.1 Å². The Kier molecular flexibility index (Phi) is 4.02. The van der Waals surface area contributed by atoms with Gasteiger partial charge in [-0.1, -0.05) is 0 Å². The molecule has 18 heavy (non-hydrogen) atoms. The zero-order chi connectivity index (χ0) is 13.9. The number of ether oxygens (including phenoxy) is 1. The molecule has 0 unspecified atom stereocenters. The Hall–Kier alpha value is -1.96. The summed E-state index contributed by atoms with van der Waals surface area (Å²) in [5, 5.41) is 10.7. The van der Waals surface area contributed by atoms with Crippen LogP contribution in [-0.4, -0.2) is 32.2 Å². The van der Waals surface area contributed by atoms with E-state index in [0.29, 0.717) is 0 Å². The number of benzene rings is 1. The molecule has 1 rings (SSSR count). The maximum atomic E-state index is 11.5. The second-order valence-electron chi connectivity index (χ2n) is 3.47. The number of carbonyl (C=O) groups is 1. The summed E-state index contributed by atoms with van der Waals surface area (Å²) in [5.41, 5.74) is -0.632. The van der Waals surface area contributed by atoms with Gasteiger partial charge >= 0.3 is 5.97 Å². The Labute approximate surface area is 103 Å². The van der Waals surface area contributed by atoms with E-state index in [-0.39, 0.29) is 17.1 Å². The SMILES string of the molecule is CCOC(=O)c1cc([N+](=O)[O-])cc(S(C)(=O)=O)c1. The lowest BCUT2D eigenvalue weighted by Crippen LogP contribution is -2.08. The minimum absolute atomic E-state index is 0.0930. The molecular formula is C10H11NO6S. The molecule has 0 aliphatic heterocycles. The summed E-state index contributed by atoms with van der Waals surface area (Å²) in [6, 6.07) is 2.94. The minimum Gasteiger partial charge on any atom is -0.462 e. The highest BCUT2D eigenvalue weighted by molar-refractivity contribution is 7.90. The van der Waals surface area contributed by atoms with E-state index in [2.05, 4.69) is 4.74 Å². The van der Waals surface area contributed by atoms with Crippen LogP contribution in [0, 0.1) is 10.1 Å². The Morgan fingerprint density at radius 1 is 1.39 bits per heavy atom. The topological polar surface area (TPSA) is 104 Å². The molecule has 0 saturated carbocycles. The van der Waals surface area contributed by atoms with Crippen molar-refractivity contribution in [3.8, 4) is 0 Å². The summed E-state index contributed by atoms with van der Waals surface area (Å²) in [4.78, 5) is 21.1.